The van der Waals surface area contributed by atoms with E-state index in [1.54, 1.807) is 44.4 Å². The molecule has 21 heavy (non-hydrogen) atoms. The molecule has 2 heterocycles. The Morgan fingerprint density at radius 2 is 2.24 bits per heavy atom. The van der Waals surface area contributed by atoms with Crippen molar-refractivity contribution in [2.75, 3.05) is 34.2 Å². The Balaban J connectivity index is 2.07. The van der Waals surface area contributed by atoms with Gasteiger partial charge in [-0.25, -0.2) is 9.78 Å². The van der Waals surface area contributed by atoms with Gasteiger partial charge in [-0.05, 0) is 12.1 Å². The van der Waals surface area contributed by atoms with E-state index in [2.05, 4.69) is 10.3 Å². The fraction of sp³-hybridized carbons (Fsp3) is 0.500. The molecule has 1 aromatic rings. The topological polar surface area (TPSA) is 74.8 Å². The second-order valence-corrected chi connectivity index (χ2v) is 5.09. The Kier molecular flexibility index (Phi) is 4.62. The average molecular weight is 292 g/mol. The van der Waals surface area contributed by atoms with E-state index in [-0.39, 0.29) is 18.0 Å². The van der Waals surface area contributed by atoms with Gasteiger partial charge in [0.05, 0.1) is 6.54 Å². The van der Waals surface area contributed by atoms with Crippen LogP contribution in [0, 0.1) is 0 Å². The first-order valence-electron chi connectivity index (χ1n) is 6.83. The summed E-state index contributed by atoms with van der Waals surface area (Å²) in [6.07, 6.45) is 2.17. The molecule has 1 atom stereocenters. The van der Waals surface area contributed by atoms with Crippen molar-refractivity contribution in [3.8, 4) is 5.88 Å². The minimum Gasteiger partial charge on any atom is -0.472 e. The summed E-state index contributed by atoms with van der Waals surface area (Å²) in [5.74, 6) is 0.166. The molecular weight excluding hydrogens is 272 g/mol. The van der Waals surface area contributed by atoms with Gasteiger partial charge in [0.15, 0.2) is 0 Å². The molecule has 1 unspecified atom stereocenters. The maximum atomic E-state index is 12.1. The monoisotopic (exact) mass is 292 g/mol. The zero-order valence-electron chi connectivity index (χ0n) is 12.5. The van der Waals surface area contributed by atoms with Crippen LogP contribution >= 0.6 is 0 Å². The van der Waals surface area contributed by atoms with Crippen molar-refractivity contribution in [1.82, 2.24) is 20.1 Å². The van der Waals surface area contributed by atoms with Crippen molar-refractivity contribution in [2.45, 2.75) is 12.5 Å². The molecule has 0 spiro atoms. The summed E-state index contributed by atoms with van der Waals surface area (Å²) in [6.45, 7) is 1.12. The van der Waals surface area contributed by atoms with Crippen molar-refractivity contribution in [1.29, 1.82) is 0 Å². The Hall–Kier alpha value is -2.31. The van der Waals surface area contributed by atoms with Crippen LogP contribution in [0.25, 0.3) is 0 Å². The van der Waals surface area contributed by atoms with E-state index < -0.39 is 0 Å². The smallest absolute Gasteiger partial charge is 0.317 e. The number of urea groups is 1. The molecule has 1 N–H and O–H groups in total. The third-order valence-electron chi connectivity index (χ3n) is 3.33. The van der Waals surface area contributed by atoms with E-state index in [0.717, 1.165) is 6.42 Å². The number of likely N-dealkylation sites (tertiary alicyclic amines) is 1. The lowest BCUT2D eigenvalue weighted by Gasteiger charge is -2.18. The summed E-state index contributed by atoms with van der Waals surface area (Å²) in [5.41, 5.74) is 0.431. The highest BCUT2D eigenvalue weighted by Gasteiger charge is 2.28. The first kappa shape index (κ1) is 15.1. The summed E-state index contributed by atoms with van der Waals surface area (Å²) in [7, 11) is 4.97. The van der Waals surface area contributed by atoms with Crippen LogP contribution in [0.4, 0.5) is 4.79 Å². The van der Waals surface area contributed by atoms with Crippen LogP contribution in [0.15, 0.2) is 18.3 Å². The van der Waals surface area contributed by atoms with E-state index in [4.69, 9.17) is 4.74 Å². The van der Waals surface area contributed by atoms with Crippen molar-refractivity contribution in [2.24, 2.45) is 0 Å². The lowest BCUT2D eigenvalue weighted by atomic mass is 10.2. The molecule has 1 aliphatic rings. The van der Waals surface area contributed by atoms with Gasteiger partial charge in [0.1, 0.15) is 11.7 Å². The standard InChI is InChI=1S/C14H20N4O3/c1-15-14(20)18-8-6-10(9-18)21-12-11(5-4-7-16-12)13(19)17(2)3/h4-5,7,10H,6,8-9H2,1-3H3,(H,15,20). The van der Waals surface area contributed by atoms with Gasteiger partial charge in [-0.3, -0.25) is 4.79 Å². The van der Waals surface area contributed by atoms with Crippen LogP contribution in [0.3, 0.4) is 0 Å². The maximum absolute atomic E-state index is 12.1. The molecule has 1 saturated heterocycles. The Labute approximate surface area is 123 Å². The lowest BCUT2D eigenvalue weighted by Crippen LogP contribution is -2.37. The SMILES string of the molecule is CNC(=O)N1CCC(Oc2ncccc2C(=O)N(C)C)C1. The van der Waals surface area contributed by atoms with Gasteiger partial charge in [0.25, 0.3) is 5.91 Å². The molecule has 0 radical (unpaired) electrons. The van der Waals surface area contributed by atoms with Crippen LogP contribution in [-0.4, -0.2) is 67.1 Å². The van der Waals surface area contributed by atoms with Crippen molar-refractivity contribution in [3.05, 3.63) is 23.9 Å². The molecule has 114 valence electrons. The number of ether oxygens (including phenoxy) is 1. The molecule has 1 aliphatic heterocycles. The van der Waals surface area contributed by atoms with Gasteiger partial charge in [-0.2, -0.15) is 0 Å². The first-order chi connectivity index (χ1) is 10.0. The van der Waals surface area contributed by atoms with E-state index in [1.165, 1.54) is 4.90 Å². The zero-order chi connectivity index (χ0) is 15.4. The summed E-state index contributed by atoms with van der Waals surface area (Å²) in [6, 6.07) is 3.28. The quantitative estimate of drug-likeness (QED) is 0.884. The van der Waals surface area contributed by atoms with Crippen LogP contribution in [0.5, 0.6) is 5.88 Å². The number of nitrogens with zero attached hydrogens (tertiary/aromatic N) is 3. The predicted octanol–water partition coefficient (Wildman–Crippen LogP) is 0.576. The van der Waals surface area contributed by atoms with Gasteiger partial charge in [0, 0.05) is 40.3 Å². The summed E-state index contributed by atoms with van der Waals surface area (Å²) in [5, 5.41) is 2.59. The molecule has 2 rings (SSSR count). The highest BCUT2D eigenvalue weighted by Crippen LogP contribution is 2.21. The summed E-state index contributed by atoms with van der Waals surface area (Å²) < 4.78 is 5.82. The molecule has 1 aromatic heterocycles. The van der Waals surface area contributed by atoms with Crippen LogP contribution in [-0.2, 0) is 0 Å². The molecule has 0 aromatic carbocycles. The molecule has 0 aliphatic carbocycles. The Bertz CT molecular complexity index is 533. The summed E-state index contributed by atoms with van der Waals surface area (Å²) >= 11 is 0. The number of pyridine rings is 1. The largest absolute Gasteiger partial charge is 0.472 e. The molecule has 7 heteroatoms. The number of aromatic nitrogens is 1. The van der Waals surface area contributed by atoms with E-state index >= 15 is 0 Å². The first-order valence-corrected chi connectivity index (χ1v) is 6.83. The van der Waals surface area contributed by atoms with E-state index in [9.17, 15) is 9.59 Å². The normalized spacial score (nSPS) is 17.5. The third kappa shape index (κ3) is 3.42. The molecule has 1 fully saturated rings. The number of hydrogen-bond donors (Lipinski definition) is 1. The average Bonchev–Trinajstić information content (AvgIpc) is 2.94. The second kappa shape index (κ2) is 6.43. The van der Waals surface area contributed by atoms with Gasteiger partial charge >= 0.3 is 6.03 Å². The molecular formula is C14H20N4O3. The van der Waals surface area contributed by atoms with E-state index in [0.29, 0.717) is 24.5 Å². The molecule has 0 saturated carbocycles. The molecule has 7 nitrogen and oxygen atoms in total. The zero-order valence-corrected chi connectivity index (χ0v) is 12.5. The van der Waals surface area contributed by atoms with Crippen LogP contribution in [0.1, 0.15) is 16.8 Å². The minimum atomic E-state index is -0.153. The molecule has 3 amide bonds. The fourth-order valence-corrected chi connectivity index (χ4v) is 2.21. The lowest BCUT2D eigenvalue weighted by molar-refractivity contribution is 0.0818. The number of nitrogens with one attached hydrogen (secondary N) is 1. The van der Waals surface area contributed by atoms with Gasteiger partial charge < -0.3 is 19.9 Å². The predicted molar refractivity (Wildman–Crippen MR) is 77.3 cm³/mol. The Morgan fingerprint density at radius 3 is 2.90 bits per heavy atom. The van der Waals surface area contributed by atoms with Crippen molar-refractivity contribution in [3.63, 3.8) is 0 Å². The van der Waals surface area contributed by atoms with E-state index in [1.807, 2.05) is 0 Å². The highest BCUT2D eigenvalue weighted by atomic mass is 16.5. The number of amides is 3. The highest BCUT2D eigenvalue weighted by molar-refractivity contribution is 5.96. The fourth-order valence-electron chi connectivity index (χ4n) is 2.21. The number of hydrogen-bond acceptors (Lipinski definition) is 4. The number of carbonyl (C=O) groups excluding carboxylic acids is 2. The van der Waals surface area contributed by atoms with Gasteiger partial charge in [-0.1, -0.05) is 0 Å². The van der Waals surface area contributed by atoms with Crippen molar-refractivity contribution < 1.29 is 14.3 Å². The number of rotatable bonds is 3. The van der Waals surface area contributed by atoms with Gasteiger partial charge in [0.2, 0.25) is 5.88 Å². The van der Waals surface area contributed by atoms with Gasteiger partial charge in [-0.15, -0.1) is 0 Å². The number of carbonyl (C=O) groups is 2. The van der Waals surface area contributed by atoms with Crippen LogP contribution < -0.4 is 10.1 Å². The third-order valence-corrected chi connectivity index (χ3v) is 3.33. The summed E-state index contributed by atoms with van der Waals surface area (Å²) in [4.78, 5) is 31.0. The maximum Gasteiger partial charge on any atom is 0.317 e. The minimum absolute atomic E-state index is 0.119. The van der Waals surface area contributed by atoms with Crippen molar-refractivity contribution >= 4 is 11.9 Å². The van der Waals surface area contributed by atoms with Crippen LogP contribution in [0.2, 0.25) is 0 Å². The Morgan fingerprint density at radius 1 is 1.48 bits per heavy atom. The molecule has 0 bridgehead atoms. The second-order valence-electron chi connectivity index (χ2n) is 5.09.